The number of aliphatic hydroxyl groups excluding tert-OH is 1. The molecule has 3 nitrogen and oxygen atoms in total. The van der Waals surface area contributed by atoms with E-state index in [4.69, 9.17) is 0 Å². The van der Waals surface area contributed by atoms with Crippen LogP contribution in [0.4, 0.5) is 0 Å². The highest BCUT2D eigenvalue weighted by Gasteiger charge is 2.22. The van der Waals surface area contributed by atoms with Crippen LogP contribution >= 0.6 is 0 Å². The second kappa shape index (κ2) is 5.83. The Balaban J connectivity index is 2.06. The number of aliphatic hydroxyl groups is 1. The molecule has 1 aromatic carbocycles. The molecule has 2 rings (SSSR count). The number of hydrogen-bond donors (Lipinski definition) is 2. The molecule has 1 aliphatic heterocycles. The summed E-state index contributed by atoms with van der Waals surface area (Å²) in [6.45, 7) is 9.53. The van der Waals surface area contributed by atoms with Gasteiger partial charge in [-0.2, -0.15) is 0 Å². The maximum Gasteiger partial charge on any atom is 0.0761 e. The van der Waals surface area contributed by atoms with Gasteiger partial charge in [0, 0.05) is 31.7 Å². The average Bonchev–Trinajstić information content (AvgIpc) is 2.39. The molecular weight excluding hydrogens is 224 g/mol. The molecule has 2 N–H and O–H groups in total. The zero-order valence-electron chi connectivity index (χ0n) is 11.6. The van der Waals surface area contributed by atoms with Crippen molar-refractivity contribution in [3.63, 3.8) is 0 Å². The van der Waals surface area contributed by atoms with Crippen LogP contribution in [0.5, 0.6) is 0 Å². The van der Waals surface area contributed by atoms with Crippen LogP contribution in [0.1, 0.15) is 44.0 Å². The third-order valence-corrected chi connectivity index (χ3v) is 3.76. The molecular formula is C15H24N2O. The van der Waals surface area contributed by atoms with E-state index < -0.39 is 0 Å². The molecule has 2 unspecified atom stereocenters. The van der Waals surface area contributed by atoms with Gasteiger partial charge in [-0.15, -0.1) is 0 Å². The van der Waals surface area contributed by atoms with Gasteiger partial charge in [0.2, 0.25) is 0 Å². The second-order valence-corrected chi connectivity index (χ2v) is 5.44. The van der Waals surface area contributed by atoms with Crippen molar-refractivity contribution in [3.8, 4) is 0 Å². The SMILES string of the molecule is CC(O)c1ccc(C2CN(C(C)C)CCN2)cc1. The Morgan fingerprint density at radius 3 is 2.44 bits per heavy atom. The summed E-state index contributed by atoms with van der Waals surface area (Å²) in [4.78, 5) is 2.50. The molecule has 0 spiro atoms. The number of nitrogens with one attached hydrogen (secondary N) is 1. The molecule has 1 fully saturated rings. The molecule has 0 amide bonds. The summed E-state index contributed by atoms with van der Waals surface area (Å²) < 4.78 is 0. The Morgan fingerprint density at radius 1 is 1.22 bits per heavy atom. The van der Waals surface area contributed by atoms with Gasteiger partial charge in [-0.1, -0.05) is 24.3 Å². The molecule has 3 heteroatoms. The van der Waals surface area contributed by atoms with Gasteiger partial charge in [0.15, 0.2) is 0 Å². The lowest BCUT2D eigenvalue weighted by Gasteiger charge is -2.36. The summed E-state index contributed by atoms with van der Waals surface area (Å²) >= 11 is 0. The first-order valence-electron chi connectivity index (χ1n) is 6.83. The number of piperazine rings is 1. The van der Waals surface area contributed by atoms with Gasteiger partial charge >= 0.3 is 0 Å². The van der Waals surface area contributed by atoms with E-state index in [1.807, 2.05) is 12.1 Å². The number of rotatable bonds is 3. The summed E-state index contributed by atoms with van der Waals surface area (Å²) in [6, 6.07) is 9.31. The first-order valence-corrected chi connectivity index (χ1v) is 6.83. The van der Waals surface area contributed by atoms with Crippen molar-refractivity contribution in [2.24, 2.45) is 0 Å². The van der Waals surface area contributed by atoms with Crippen LogP contribution < -0.4 is 5.32 Å². The van der Waals surface area contributed by atoms with E-state index in [0.29, 0.717) is 12.1 Å². The van der Waals surface area contributed by atoms with Crippen LogP contribution in [0, 0.1) is 0 Å². The monoisotopic (exact) mass is 248 g/mol. The lowest BCUT2D eigenvalue weighted by atomic mass is 10.0. The minimum atomic E-state index is -0.384. The Labute approximate surface area is 110 Å². The smallest absolute Gasteiger partial charge is 0.0761 e. The normalized spacial score (nSPS) is 23.3. The van der Waals surface area contributed by atoms with Crippen molar-refractivity contribution >= 4 is 0 Å². The number of nitrogens with zero attached hydrogens (tertiary/aromatic N) is 1. The molecule has 0 aromatic heterocycles. The zero-order chi connectivity index (χ0) is 13.1. The first kappa shape index (κ1) is 13.5. The van der Waals surface area contributed by atoms with Gasteiger partial charge in [0.25, 0.3) is 0 Å². The number of hydrogen-bond acceptors (Lipinski definition) is 3. The largest absolute Gasteiger partial charge is 0.389 e. The van der Waals surface area contributed by atoms with Gasteiger partial charge < -0.3 is 10.4 Å². The second-order valence-electron chi connectivity index (χ2n) is 5.44. The Bertz CT molecular complexity index is 373. The van der Waals surface area contributed by atoms with E-state index in [0.717, 1.165) is 25.2 Å². The van der Waals surface area contributed by atoms with E-state index in [9.17, 15) is 5.11 Å². The van der Waals surface area contributed by atoms with Crippen LogP contribution in [0.15, 0.2) is 24.3 Å². The topological polar surface area (TPSA) is 35.5 Å². The van der Waals surface area contributed by atoms with Crippen molar-refractivity contribution < 1.29 is 5.11 Å². The average molecular weight is 248 g/mol. The summed E-state index contributed by atoms with van der Waals surface area (Å²) in [5, 5.41) is 13.1. The molecule has 100 valence electrons. The van der Waals surface area contributed by atoms with E-state index in [1.54, 1.807) is 6.92 Å². The van der Waals surface area contributed by atoms with Crippen molar-refractivity contribution in [2.75, 3.05) is 19.6 Å². The fourth-order valence-electron chi connectivity index (χ4n) is 2.47. The minimum Gasteiger partial charge on any atom is -0.389 e. The lowest BCUT2D eigenvalue weighted by Crippen LogP contribution is -2.48. The third-order valence-electron chi connectivity index (χ3n) is 3.76. The fourth-order valence-corrected chi connectivity index (χ4v) is 2.47. The van der Waals surface area contributed by atoms with E-state index in [-0.39, 0.29) is 6.10 Å². The predicted molar refractivity (Wildman–Crippen MR) is 74.5 cm³/mol. The molecule has 0 saturated carbocycles. The Morgan fingerprint density at radius 2 is 1.89 bits per heavy atom. The maximum atomic E-state index is 9.52. The standard InChI is InChI=1S/C15H24N2O/c1-11(2)17-9-8-16-15(10-17)14-6-4-13(5-7-14)12(3)18/h4-7,11-12,15-16,18H,8-10H2,1-3H3. The highest BCUT2D eigenvalue weighted by atomic mass is 16.3. The van der Waals surface area contributed by atoms with E-state index >= 15 is 0 Å². The van der Waals surface area contributed by atoms with Crippen LogP contribution in [0.2, 0.25) is 0 Å². The molecule has 2 atom stereocenters. The van der Waals surface area contributed by atoms with Crippen molar-refractivity contribution in [3.05, 3.63) is 35.4 Å². The van der Waals surface area contributed by atoms with Gasteiger partial charge in [-0.25, -0.2) is 0 Å². The molecule has 18 heavy (non-hydrogen) atoms. The summed E-state index contributed by atoms with van der Waals surface area (Å²) in [5.74, 6) is 0. The van der Waals surface area contributed by atoms with Gasteiger partial charge in [0.05, 0.1) is 6.10 Å². The van der Waals surface area contributed by atoms with Crippen LogP contribution in [-0.2, 0) is 0 Å². The molecule has 0 radical (unpaired) electrons. The quantitative estimate of drug-likeness (QED) is 0.860. The molecule has 0 aliphatic carbocycles. The molecule has 0 bridgehead atoms. The van der Waals surface area contributed by atoms with Crippen LogP contribution in [0.25, 0.3) is 0 Å². The number of benzene rings is 1. The fraction of sp³-hybridized carbons (Fsp3) is 0.600. The summed E-state index contributed by atoms with van der Waals surface area (Å²) in [5.41, 5.74) is 2.29. The van der Waals surface area contributed by atoms with Crippen molar-refractivity contribution in [2.45, 2.75) is 39.0 Å². The molecule has 1 aliphatic rings. The van der Waals surface area contributed by atoms with E-state index in [1.165, 1.54) is 5.56 Å². The first-order chi connectivity index (χ1) is 8.58. The predicted octanol–water partition coefficient (Wildman–Crippen LogP) is 2.09. The molecule has 1 saturated heterocycles. The van der Waals surface area contributed by atoms with Gasteiger partial charge in [-0.3, -0.25) is 4.90 Å². The van der Waals surface area contributed by atoms with Gasteiger partial charge in [-0.05, 0) is 31.9 Å². The van der Waals surface area contributed by atoms with Gasteiger partial charge in [0.1, 0.15) is 0 Å². The van der Waals surface area contributed by atoms with Crippen LogP contribution in [0.3, 0.4) is 0 Å². The van der Waals surface area contributed by atoms with E-state index in [2.05, 4.69) is 36.2 Å². The summed E-state index contributed by atoms with van der Waals surface area (Å²) in [6.07, 6.45) is -0.384. The highest BCUT2D eigenvalue weighted by Crippen LogP contribution is 2.21. The van der Waals surface area contributed by atoms with Crippen molar-refractivity contribution in [1.82, 2.24) is 10.2 Å². The highest BCUT2D eigenvalue weighted by molar-refractivity contribution is 5.26. The minimum absolute atomic E-state index is 0.384. The maximum absolute atomic E-state index is 9.52. The molecule has 1 heterocycles. The summed E-state index contributed by atoms with van der Waals surface area (Å²) in [7, 11) is 0. The Hall–Kier alpha value is -0.900. The van der Waals surface area contributed by atoms with Crippen molar-refractivity contribution in [1.29, 1.82) is 0 Å². The Kier molecular flexibility index (Phi) is 4.38. The van der Waals surface area contributed by atoms with Crippen LogP contribution in [-0.4, -0.2) is 35.7 Å². The third kappa shape index (κ3) is 3.10. The zero-order valence-corrected chi connectivity index (χ0v) is 11.6. The molecule has 1 aromatic rings. The lowest BCUT2D eigenvalue weighted by molar-refractivity contribution is 0.162.